The molecule has 0 radical (unpaired) electrons. The maximum Gasteiger partial charge on any atom is 0.337 e. The van der Waals surface area contributed by atoms with Gasteiger partial charge in [0.2, 0.25) is 0 Å². The predicted octanol–water partition coefficient (Wildman–Crippen LogP) is 3.65. The molecule has 1 heterocycles. The molecule has 5 heteroatoms. The first-order valence-corrected chi connectivity index (χ1v) is 5.96. The lowest BCUT2D eigenvalue weighted by Crippen LogP contribution is -1.97. The molecule has 0 aliphatic heterocycles. The van der Waals surface area contributed by atoms with Crippen LogP contribution >= 0.6 is 22.9 Å². The van der Waals surface area contributed by atoms with Crippen LogP contribution in [0.15, 0.2) is 17.5 Å². The Balaban J connectivity index is 2.69. The summed E-state index contributed by atoms with van der Waals surface area (Å²) in [5.74, 6) is -0.379. The third kappa shape index (κ3) is 1.74. The number of carboxylic acid groups (broad SMARTS) is 1. The van der Waals surface area contributed by atoms with E-state index in [1.165, 1.54) is 17.4 Å². The van der Waals surface area contributed by atoms with Crippen LogP contribution in [0, 0.1) is 0 Å². The minimum Gasteiger partial charge on any atom is -0.492 e. The number of ether oxygens (including phenoxy) is 1. The SMILES string of the molecule is CCOc1csc2ccc(C(=O)O)c(Cl)c12. The summed E-state index contributed by atoms with van der Waals surface area (Å²) in [5, 5.41) is 11.7. The Morgan fingerprint density at radius 1 is 1.56 bits per heavy atom. The fourth-order valence-electron chi connectivity index (χ4n) is 1.49. The van der Waals surface area contributed by atoms with Crippen LogP contribution in [0.4, 0.5) is 0 Å². The molecule has 0 aliphatic carbocycles. The first kappa shape index (κ1) is 11.2. The monoisotopic (exact) mass is 256 g/mol. The minimum atomic E-state index is -1.03. The molecular formula is C11H9ClO3S. The molecule has 84 valence electrons. The fraction of sp³-hybridized carbons (Fsp3) is 0.182. The highest BCUT2D eigenvalue weighted by molar-refractivity contribution is 7.17. The molecule has 0 saturated carbocycles. The van der Waals surface area contributed by atoms with Crippen molar-refractivity contribution in [2.75, 3.05) is 6.61 Å². The Hall–Kier alpha value is -1.26. The maximum absolute atomic E-state index is 10.9. The molecule has 3 nitrogen and oxygen atoms in total. The Bertz CT molecular complexity index is 547. The van der Waals surface area contributed by atoms with Crippen molar-refractivity contribution >= 4 is 39.0 Å². The number of carboxylic acids is 1. The van der Waals surface area contributed by atoms with E-state index in [9.17, 15) is 4.79 Å². The molecule has 0 amide bonds. The smallest absolute Gasteiger partial charge is 0.337 e. The molecule has 1 aromatic heterocycles. The fourth-order valence-corrected chi connectivity index (χ4v) is 2.77. The maximum atomic E-state index is 10.9. The average Bonchev–Trinajstić information content (AvgIpc) is 2.63. The van der Waals surface area contributed by atoms with Crippen molar-refractivity contribution in [1.29, 1.82) is 0 Å². The van der Waals surface area contributed by atoms with Crippen molar-refractivity contribution < 1.29 is 14.6 Å². The summed E-state index contributed by atoms with van der Waals surface area (Å²) in [7, 11) is 0. The minimum absolute atomic E-state index is 0.105. The van der Waals surface area contributed by atoms with Gasteiger partial charge in [-0.15, -0.1) is 11.3 Å². The first-order valence-electron chi connectivity index (χ1n) is 4.71. The van der Waals surface area contributed by atoms with Gasteiger partial charge in [-0.3, -0.25) is 0 Å². The summed E-state index contributed by atoms with van der Waals surface area (Å²) in [4.78, 5) is 10.9. The van der Waals surface area contributed by atoms with Crippen molar-refractivity contribution in [2.45, 2.75) is 6.92 Å². The topological polar surface area (TPSA) is 46.5 Å². The number of hydrogen-bond donors (Lipinski definition) is 1. The van der Waals surface area contributed by atoms with Gasteiger partial charge in [0.1, 0.15) is 5.75 Å². The number of halogens is 1. The number of benzene rings is 1. The van der Waals surface area contributed by atoms with E-state index in [0.717, 1.165) is 4.70 Å². The zero-order valence-corrected chi connectivity index (χ0v) is 10.1. The second kappa shape index (κ2) is 4.31. The van der Waals surface area contributed by atoms with E-state index >= 15 is 0 Å². The molecule has 0 aliphatic rings. The second-order valence-corrected chi connectivity index (χ2v) is 4.43. The summed E-state index contributed by atoms with van der Waals surface area (Å²) in [6.07, 6.45) is 0. The van der Waals surface area contributed by atoms with Crippen molar-refractivity contribution in [3.05, 3.63) is 28.1 Å². The molecule has 0 spiro atoms. The van der Waals surface area contributed by atoms with Crippen LogP contribution in [0.3, 0.4) is 0 Å². The molecule has 0 unspecified atom stereocenters. The standard InChI is InChI=1S/C11H9ClO3S/c1-2-15-7-5-16-8-4-3-6(11(13)14)10(12)9(7)8/h3-5H,2H2,1H3,(H,13,14). The molecule has 1 N–H and O–H groups in total. The van der Waals surface area contributed by atoms with Gasteiger partial charge < -0.3 is 9.84 Å². The number of aromatic carboxylic acids is 1. The van der Waals surface area contributed by atoms with Crippen LogP contribution in [-0.4, -0.2) is 17.7 Å². The van der Waals surface area contributed by atoms with Gasteiger partial charge in [0.05, 0.1) is 22.6 Å². The second-order valence-electron chi connectivity index (χ2n) is 3.14. The van der Waals surface area contributed by atoms with E-state index in [1.54, 1.807) is 6.07 Å². The molecule has 0 bridgehead atoms. The number of fused-ring (bicyclic) bond motifs is 1. The van der Waals surface area contributed by atoms with Gasteiger partial charge in [0, 0.05) is 10.1 Å². The van der Waals surface area contributed by atoms with Crippen molar-refractivity contribution in [2.24, 2.45) is 0 Å². The van der Waals surface area contributed by atoms with Gasteiger partial charge in [-0.2, -0.15) is 0 Å². The molecule has 2 aromatic rings. The van der Waals surface area contributed by atoms with Crippen LogP contribution in [0.25, 0.3) is 10.1 Å². The number of hydrogen-bond acceptors (Lipinski definition) is 3. The number of thiophene rings is 1. The molecule has 0 atom stereocenters. The first-order chi connectivity index (χ1) is 7.65. The Kier molecular flexibility index (Phi) is 3.03. The summed E-state index contributed by atoms with van der Waals surface area (Å²) < 4.78 is 6.34. The van der Waals surface area contributed by atoms with E-state index < -0.39 is 5.97 Å². The van der Waals surface area contributed by atoms with Gasteiger partial charge >= 0.3 is 5.97 Å². The largest absolute Gasteiger partial charge is 0.492 e. The lowest BCUT2D eigenvalue weighted by Gasteiger charge is -2.04. The average molecular weight is 257 g/mol. The van der Waals surface area contributed by atoms with Crippen molar-refractivity contribution in [3.8, 4) is 5.75 Å². The molecule has 2 rings (SSSR count). The van der Waals surface area contributed by atoms with Gasteiger partial charge in [-0.05, 0) is 19.1 Å². The molecule has 16 heavy (non-hydrogen) atoms. The van der Waals surface area contributed by atoms with E-state index in [4.69, 9.17) is 21.4 Å². The summed E-state index contributed by atoms with van der Waals surface area (Å²) in [6, 6.07) is 3.26. The Morgan fingerprint density at radius 3 is 2.94 bits per heavy atom. The molecular weight excluding hydrogens is 248 g/mol. The normalized spacial score (nSPS) is 10.6. The molecule has 0 saturated heterocycles. The Labute approximate surface area is 101 Å². The van der Waals surface area contributed by atoms with Crippen LogP contribution in [-0.2, 0) is 0 Å². The molecule has 1 aromatic carbocycles. The van der Waals surface area contributed by atoms with Crippen molar-refractivity contribution in [3.63, 3.8) is 0 Å². The van der Waals surface area contributed by atoms with E-state index in [0.29, 0.717) is 17.7 Å². The zero-order chi connectivity index (χ0) is 11.7. The van der Waals surface area contributed by atoms with E-state index in [2.05, 4.69) is 0 Å². The van der Waals surface area contributed by atoms with Crippen LogP contribution in [0.1, 0.15) is 17.3 Å². The van der Waals surface area contributed by atoms with Crippen LogP contribution in [0.5, 0.6) is 5.75 Å². The summed E-state index contributed by atoms with van der Waals surface area (Å²) in [6.45, 7) is 2.40. The Morgan fingerprint density at radius 2 is 2.31 bits per heavy atom. The van der Waals surface area contributed by atoms with Crippen LogP contribution in [0.2, 0.25) is 5.02 Å². The number of carbonyl (C=O) groups is 1. The highest BCUT2D eigenvalue weighted by atomic mass is 35.5. The van der Waals surface area contributed by atoms with E-state index in [1.807, 2.05) is 12.3 Å². The van der Waals surface area contributed by atoms with Gasteiger partial charge in [-0.25, -0.2) is 4.79 Å². The van der Waals surface area contributed by atoms with Gasteiger partial charge in [0.15, 0.2) is 0 Å². The quantitative estimate of drug-likeness (QED) is 0.912. The third-order valence-corrected chi connectivity index (χ3v) is 3.49. The summed E-state index contributed by atoms with van der Waals surface area (Å²) >= 11 is 7.55. The number of rotatable bonds is 3. The lowest BCUT2D eigenvalue weighted by atomic mass is 10.1. The van der Waals surface area contributed by atoms with Crippen molar-refractivity contribution in [1.82, 2.24) is 0 Å². The van der Waals surface area contributed by atoms with E-state index in [-0.39, 0.29) is 10.6 Å². The molecule has 0 fully saturated rings. The zero-order valence-electron chi connectivity index (χ0n) is 8.49. The highest BCUT2D eigenvalue weighted by Crippen LogP contribution is 2.39. The lowest BCUT2D eigenvalue weighted by molar-refractivity contribution is 0.0697. The van der Waals surface area contributed by atoms with Gasteiger partial charge in [0.25, 0.3) is 0 Å². The van der Waals surface area contributed by atoms with Crippen LogP contribution < -0.4 is 4.74 Å². The highest BCUT2D eigenvalue weighted by Gasteiger charge is 2.16. The predicted molar refractivity (Wildman–Crippen MR) is 65.0 cm³/mol. The van der Waals surface area contributed by atoms with Gasteiger partial charge in [-0.1, -0.05) is 11.6 Å². The third-order valence-electron chi connectivity index (χ3n) is 2.17. The summed E-state index contributed by atoms with van der Waals surface area (Å²) in [5.41, 5.74) is 0.105.